The van der Waals surface area contributed by atoms with Gasteiger partial charge in [-0.2, -0.15) is 0 Å². The first-order valence-electron chi connectivity index (χ1n) is 7.28. The molecule has 3 nitrogen and oxygen atoms in total. The van der Waals surface area contributed by atoms with E-state index in [-0.39, 0.29) is 0 Å². The van der Waals surface area contributed by atoms with Crippen LogP contribution in [-0.4, -0.2) is 22.1 Å². The van der Waals surface area contributed by atoms with Crippen LogP contribution in [0.2, 0.25) is 10.0 Å². The van der Waals surface area contributed by atoms with E-state index < -0.39 is 0 Å². The summed E-state index contributed by atoms with van der Waals surface area (Å²) in [6.07, 6.45) is 8.24. The molecular weight excluding hydrogens is 293 g/mol. The molecule has 0 amide bonds. The first-order valence-corrected chi connectivity index (χ1v) is 8.03. The lowest BCUT2D eigenvalue weighted by Gasteiger charge is -2.23. The zero-order valence-corrected chi connectivity index (χ0v) is 12.9. The fraction of sp³-hybridized carbons (Fsp3) is 0.533. The molecule has 1 aromatic carbocycles. The highest BCUT2D eigenvalue weighted by Crippen LogP contribution is 2.29. The van der Waals surface area contributed by atoms with E-state index in [0.29, 0.717) is 16.1 Å². The Morgan fingerprint density at radius 2 is 2.20 bits per heavy atom. The van der Waals surface area contributed by atoms with Gasteiger partial charge in [-0.3, -0.25) is 0 Å². The van der Waals surface area contributed by atoms with Crippen molar-refractivity contribution in [3.8, 4) is 0 Å². The van der Waals surface area contributed by atoms with Gasteiger partial charge in [-0.25, -0.2) is 4.98 Å². The number of nitrogens with zero attached hydrogens (tertiary/aromatic N) is 2. The first kappa shape index (κ1) is 14.2. The minimum absolute atomic E-state index is 0.553. The third-order valence-corrected chi connectivity index (χ3v) is 4.84. The number of rotatable bonds is 4. The van der Waals surface area contributed by atoms with Crippen molar-refractivity contribution in [1.82, 2.24) is 14.9 Å². The van der Waals surface area contributed by atoms with Gasteiger partial charge in [-0.15, -0.1) is 0 Å². The number of hydrogen-bond acceptors (Lipinski definition) is 2. The van der Waals surface area contributed by atoms with Crippen molar-refractivity contribution in [1.29, 1.82) is 0 Å². The van der Waals surface area contributed by atoms with Gasteiger partial charge in [0.1, 0.15) is 5.52 Å². The Balaban J connectivity index is 1.64. The highest BCUT2D eigenvalue weighted by Gasteiger charge is 2.13. The van der Waals surface area contributed by atoms with Gasteiger partial charge in [-0.1, -0.05) is 29.6 Å². The molecular formula is C15H19Cl2N3. The molecule has 2 heterocycles. The number of benzene rings is 1. The summed E-state index contributed by atoms with van der Waals surface area (Å²) in [5.74, 6) is 0. The lowest BCUT2D eigenvalue weighted by Crippen LogP contribution is -2.33. The van der Waals surface area contributed by atoms with Crippen molar-refractivity contribution in [2.75, 3.05) is 6.54 Å². The maximum atomic E-state index is 6.18. The predicted molar refractivity (Wildman–Crippen MR) is 84.6 cm³/mol. The summed E-state index contributed by atoms with van der Waals surface area (Å²) in [7, 11) is 0. The maximum absolute atomic E-state index is 6.18. The first-order chi connectivity index (χ1) is 9.75. The predicted octanol–water partition coefficient (Wildman–Crippen LogP) is 4.27. The van der Waals surface area contributed by atoms with Crippen LogP contribution < -0.4 is 5.32 Å². The molecule has 1 aliphatic heterocycles. The Hall–Kier alpha value is -0.770. The van der Waals surface area contributed by atoms with Crippen molar-refractivity contribution >= 4 is 34.2 Å². The third-order valence-electron chi connectivity index (χ3n) is 4.05. The van der Waals surface area contributed by atoms with Gasteiger partial charge in [0.2, 0.25) is 0 Å². The van der Waals surface area contributed by atoms with Crippen LogP contribution in [-0.2, 0) is 6.54 Å². The molecule has 1 saturated heterocycles. The van der Waals surface area contributed by atoms with Crippen LogP contribution in [0.15, 0.2) is 18.5 Å². The molecule has 1 N–H and O–H groups in total. The van der Waals surface area contributed by atoms with E-state index in [4.69, 9.17) is 23.2 Å². The SMILES string of the molecule is Clc1ccc2c(ncn2CCC[C@@H]2CCCCN2)c1Cl. The largest absolute Gasteiger partial charge is 0.331 e. The third kappa shape index (κ3) is 2.95. The quantitative estimate of drug-likeness (QED) is 0.914. The van der Waals surface area contributed by atoms with Gasteiger partial charge >= 0.3 is 0 Å². The average Bonchev–Trinajstić information content (AvgIpc) is 2.88. The minimum Gasteiger partial charge on any atom is -0.331 e. The summed E-state index contributed by atoms with van der Waals surface area (Å²) < 4.78 is 2.17. The Morgan fingerprint density at radius 1 is 1.30 bits per heavy atom. The van der Waals surface area contributed by atoms with Crippen LogP contribution in [0.4, 0.5) is 0 Å². The van der Waals surface area contributed by atoms with Gasteiger partial charge in [0, 0.05) is 12.6 Å². The number of hydrogen-bond donors (Lipinski definition) is 1. The fourth-order valence-electron chi connectivity index (χ4n) is 2.93. The van der Waals surface area contributed by atoms with Crippen molar-refractivity contribution < 1.29 is 0 Å². The molecule has 5 heteroatoms. The Kier molecular flexibility index (Phi) is 4.49. The van der Waals surface area contributed by atoms with Gasteiger partial charge in [0.15, 0.2) is 0 Å². The fourth-order valence-corrected chi connectivity index (χ4v) is 3.29. The maximum Gasteiger partial charge on any atom is 0.109 e. The standard InChI is InChI=1S/C15H19Cl2N3/c16-12-6-7-13-15(14(12)17)19-10-20(13)9-3-5-11-4-1-2-8-18-11/h6-7,10-11,18H,1-5,8-9H2/t11-/m0/s1. The molecule has 0 saturated carbocycles. The van der Waals surface area contributed by atoms with Crippen molar-refractivity contribution in [2.24, 2.45) is 0 Å². The van der Waals surface area contributed by atoms with E-state index in [9.17, 15) is 0 Å². The van der Waals surface area contributed by atoms with Crippen LogP contribution in [0.5, 0.6) is 0 Å². The Labute approximate surface area is 129 Å². The summed E-state index contributed by atoms with van der Waals surface area (Å²) in [6, 6.07) is 4.53. The van der Waals surface area contributed by atoms with Gasteiger partial charge in [-0.05, 0) is 44.4 Å². The topological polar surface area (TPSA) is 29.9 Å². The second kappa shape index (κ2) is 6.33. The molecule has 20 heavy (non-hydrogen) atoms. The molecule has 3 rings (SSSR count). The summed E-state index contributed by atoms with van der Waals surface area (Å²) in [6.45, 7) is 2.15. The lowest BCUT2D eigenvalue weighted by molar-refractivity contribution is 0.369. The number of aryl methyl sites for hydroxylation is 1. The van der Waals surface area contributed by atoms with E-state index in [0.717, 1.165) is 24.0 Å². The monoisotopic (exact) mass is 311 g/mol. The zero-order valence-electron chi connectivity index (χ0n) is 11.4. The lowest BCUT2D eigenvalue weighted by atomic mass is 10.0. The summed E-state index contributed by atoms with van der Waals surface area (Å²) in [5, 5.41) is 4.71. The van der Waals surface area contributed by atoms with Crippen molar-refractivity contribution in [3.05, 3.63) is 28.5 Å². The van der Waals surface area contributed by atoms with Gasteiger partial charge < -0.3 is 9.88 Å². The Morgan fingerprint density at radius 3 is 3.00 bits per heavy atom. The van der Waals surface area contributed by atoms with E-state index in [1.54, 1.807) is 0 Å². The molecule has 1 aliphatic rings. The molecule has 108 valence electrons. The van der Waals surface area contributed by atoms with Crippen LogP contribution in [0.25, 0.3) is 11.0 Å². The molecule has 2 aromatic rings. The summed E-state index contributed by atoms with van der Waals surface area (Å²) in [5.41, 5.74) is 1.87. The van der Waals surface area contributed by atoms with Crippen molar-refractivity contribution in [3.63, 3.8) is 0 Å². The van der Waals surface area contributed by atoms with Crippen LogP contribution >= 0.6 is 23.2 Å². The molecule has 1 atom stereocenters. The number of nitrogens with one attached hydrogen (secondary N) is 1. The van der Waals surface area contributed by atoms with Gasteiger partial charge in [0.05, 0.1) is 21.9 Å². The highest BCUT2D eigenvalue weighted by atomic mass is 35.5. The smallest absolute Gasteiger partial charge is 0.109 e. The van der Waals surface area contributed by atoms with Gasteiger partial charge in [0.25, 0.3) is 0 Å². The highest BCUT2D eigenvalue weighted by molar-refractivity contribution is 6.44. The van der Waals surface area contributed by atoms with Crippen LogP contribution in [0.1, 0.15) is 32.1 Å². The number of halogens is 2. The zero-order chi connectivity index (χ0) is 13.9. The van der Waals surface area contributed by atoms with Crippen molar-refractivity contribution in [2.45, 2.75) is 44.7 Å². The molecule has 0 radical (unpaired) electrons. The molecule has 0 spiro atoms. The number of aromatic nitrogens is 2. The summed E-state index contributed by atoms with van der Waals surface area (Å²) >= 11 is 12.2. The Bertz CT molecular complexity index is 588. The molecule has 1 aromatic heterocycles. The normalized spacial score (nSPS) is 19.6. The average molecular weight is 312 g/mol. The second-order valence-electron chi connectivity index (χ2n) is 5.46. The van der Waals surface area contributed by atoms with E-state index in [1.165, 1.54) is 32.2 Å². The van der Waals surface area contributed by atoms with E-state index in [1.807, 2.05) is 18.5 Å². The minimum atomic E-state index is 0.553. The van der Waals surface area contributed by atoms with Crippen LogP contribution in [0, 0.1) is 0 Å². The number of fused-ring (bicyclic) bond motifs is 1. The second-order valence-corrected chi connectivity index (χ2v) is 6.24. The molecule has 1 fully saturated rings. The number of imidazole rings is 1. The van der Waals surface area contributed by atoms with Crippen LogP contribution in [0.3, 0.4) is 0 Å². The van der Waals surface area contributed by atoms with E-state index in [2.05, 4.69) is 14.9 Å². The molecule has 0 bridgehead atoms. The molecule has 0 unspecified atom stereocenters. The van der Waals surface area contributed by atoms with E-state index >= 15 is 0 Å². The summed E-state index contributed by atoms with van der Waals surface area (Å²) in [4.78, 5) is 4.38. The number of piperidine rings is 1. The molecule has 0 aliphatic carbocycles.